The largest absolute Gasteiger partial charge is 0.431 e. The molecule has 0 saturated carbocycles. The van der Waals surface area contributed by atoms with Gasteiger partial charge < -0.3 is 69.0 Å². The monoisotopic (exact) mass is 1090 g/mol. The predicted octanol–water partition coefficient (Wildman–Crippen LogP) is 0.213. The summed E-state index contributed by atoms with van der Waals surface area (Å²) in [5, 5.41) is 48.8. The zero-order valence-electron chi connectivity index (χ0n) is 41.2. The molecule has 1 fully saturated rings. The molecule has 25 heteroatoms. The number of benzene rings is 3. The lowest BCUT2D eigenvalue weighted by Gasteiger charge is -2.29. The number of nitrogens with one attached hydrogen (secondary N) is 8. The maximum Gasteiger partial charge on any atom is 0.431 e. The fraction of sp³-hybridized carbons (Fsp3) is 0.460. The van der Waals surface area contributed by atoms with Gasteiger partial charge in [-0.2, -0.15) is 13.2 Å². The Morgan fingerprint density at radius 2 is 1.31 bits per heavy atom. The van der Waals surface area contributed by atoms with Crippen molar-refractivity contribution in [3.63, 3.8) is 0 Å². The zero-order valence-corrected chi connectivity index (χ0v) is 42.9. The highest BCUT2D eigenvalue weighted by Gasteiger charge is 2.40. The Hall–Kier alpha value is -6.22. The molecule has 1 aromatic heterocycles. The number of amides is 7. The smallest absolute Gasteiger partial charge is 0.394 e. The SMILES string of the molecule is C[C@@H](O)[C@H](CO)NC(=O)[C@@H]1CSSC[C@H](NC(=O)[C@H](N)Cc2ccccc2)C(=O)N[C@@H](Cc2ccccc2)C(=O)N[C@H](Cc2c(C(F)(F)F)[nH]c3ccccc23)C(=O)N[C@@H](CCCCN)C(=O)N[C@@H]([C@@H](C)O)C(=O)N1. The third-order valence-corrected chi connectivity index (χ3v) is 14.7. The Morgan fingerprint density at radius 1 is 0.733 bits per heavy atom. The summed E-state index contributed by atoms with van der Waals surface area (Å²) in [7, 11) is 1.89. The van der Waals surface area contributed by atoms with Crippen molar-refractivity contribution >= 4 is 73.8 Å². The number of hydrogen-bond acceptors (Lipinski definition) is 14. The van der Waals surface area contributed by atoms with Crippen molar-refractivity contribution in [3.8, 4) is 0 Å². The minimum absolute atomic E-state index is 0.0669. The van der Waals surface area contributed by atoms with E-state index in [0.717, 1.165) is 21.6 Å². The summed E-state index contributed by atoms with van der Waals surface area (Å²) in [6.07, 6.45) is -8.47. The average Bonchev–Trinajstić information content (AvgIpc) is 3.75. The number of halogens is 3. The van der Waals surface area contributed by atoms with Crippen LogP contribution < -0.4 is 48.7 Å². The predicted molar refractivity (Wildman–Crippen MR) is 277 cm³/mol. The van der Waals surface area contributed by atoms with E-state index in [9.17, 15) is 62.1 Å². The van der Waals surface area contributed by atoms with Crippen LogP contribution in [-0.4, -0.2) is 147 Å². The average molecular weight is 1090 g/mol. The molecule has 1 aliphatic heterocycles. The van der Waals surface area contributed by atoms with Crippen LogP contribution in [0.3, 0.4) is 0 Å². The van der Waals surface area contributed by atoms with Crippen LogP contribution in [0, 0.1) is 0 Å². The third kappa shape index (κ3) is 17.7. The maximum atomic E-state index is 14.8. The maximum absolute atomic E-state index is 14.8. The molecule has 10 atom stereocenters. The first-order valence-corrected chi connectivity index (χ1v) is 26.7. The first kappa shape index (κ1) is 59.7. The minimum atomic E-state index is -4.98. The number of alkyl halides is 3. The van der Waals surface area contributed by atoms with E-state index in [4.69, 9.17) is 11.5 Å². The van der Waals surface area contributed by atoms with Crippen molar-refractivity contribution in [2.45, 2.75) is 119 Å². The van der Waals surface area contributed by atoms with Crippen LogP contribution in [0.25, 0.3) is 10.9 Å². The van der Waals surface area contributed by atoms with Crippen molar-refractivity contribution in [1.29, 1.82) is 0 Å². The lowest BCUT2D eigenvalue weighted by Crippen LogP contribution is -2.62. The normalized spacial score (nSPS) is 22.5. The molecule has 20 nitrogen and oxygen atoms in total. The highest BCUT2D eigenvalue weighted by Crippen LogP contribution is 2.36. The third-order valence-electron chi connectivity index (χ3n) is 12.3. The van der Waals surface area contributed by atoms with Gasteiger partial charge in [0.25, 0.3) is 0 Å². The van der Waals surface area contributed by atoms with Crippen LogP contribution in [0.15, 0.2) is 84.9 Å². The van der Waals surface area contributed by atoms with Gasteiger partial charge in [-0.15, -0.1) is 0 Å². The van der Waals surface area contributed by atoms with E-state index in [1.54, 1.807) is 60.7 Å². The van der Waals surface area contributed by atoms with Crippen molar-refractivity contribution in [1.82, 2.24) is 42.2 Å². The van der Waals surface area contributed by atoms with Crippen LogP contribution in [0.5, 0.6) is 0 Å². The van der Waals surface area contributed by atoms with Crippen molar-refractivity contribution in [2.75, 3.05) is 24.7 Å². The number of aliphatic hydroxyl groups excluding tert-OH is 3. The molecule has 4 aromatic rings. The standard InChI is InChI=1S/C50H65F3N10O10S2/c1-27(65)38(24-64)60-48(72)40-26-75-74-25-39(61-43(67)33(55)21-29-13-5-3-6-14-29)47(71)58-36(22-30-15-7-4-8-16-30)45(69)59-37(23-32-31-17-9-10-18-34(31)56-42(32)50(51,52)53)46(70)57-35(19-11-12-20-54)44(68)63-41(28(2)66)49(73)62-40/h3-10,13-18,27-28,33,35-41,56,64-66H,11-12,19-26,54-55H2,1-2H3,(H,57,70)(H,58,71)(H,59,69)(H,60,72)(H,61,67)(H,62,73)(H,63,68)/t27-,28-,33-,35+,36+,37-,38+,39+,40+,41+/m1/s1. The van der Waals surface area contributed by atoms with E-state index in [0.29, 0.717) is 17.5 Å². The Kier molecular flexibility index (Phi) is 22.8. The highest BCUT2D eigenvalue weighted by molar-refractivity contribution is 8.76. The van der Waals surface area contributed by atoms with Gasteiger partial charge in [0, 0.05) is 35.3 Å². The molecule has 7 amide bonds. The molecular weight excluding hydrogens is 1020 g/mol. The molecule has 0 radical (unpaired) electrons. The first-order valence-electron chi connectivity index (χ1n) is 24.2. The number of unbranched alkanes of at least 4 members (excludes halogenated alkanes) is 1. The summed E-state index contributed by atoms with van der Waals surface area (Å²) >= 11 is 0. The van der Waals surface area contributed by atoms with Gasteiger partial charge in [-0.3, -0.25) is 33.6 Å². The minimum Gasteiger partial charge on any atom is -0.394 e. The second-order valence-corrected chi connectivity index (χ2v) is 20.7. The number of fused-ring (bicyclic) bond motifs is 1. The molecule has 5 rings (SSSR count). The number of rotatable bonds is 17. The molecule has 2 heterocycles. The number of H-pyrrole nitrogens is 1. The summed E-state index contributed by atoms with van der Waals surface area (Å²) in [5.74, 6) is -7.43. The lowest BCUT2D eigenvalue weighted by molar-refractivity contribution is -0.141. The molecule has 0 aliphatic carbocycles. The topological polar surface area (TPSA) is 332 Å². The van der Waals surface area contributed by atoms with E-state index >= 15 is 0 Å². The summed E-state index contributed by atoms with van der Waals surface area (Å²) in [6, 6.07) is 10.8. The second-order valence-electron chi connectivity index (χ2n) is 18.1. The Morgan fingerprint density at radius 3 is 1.92 bits per heavy atom. The van der Waals surface area contributed by atoms with Crippen LogP contribution in [0.4, 0.5) is 13.2 Å². The number of carbonyl (C=O) groups excluding carboxylic acids is 7. The number of aromatic amines is 1. The number of carbonyl (C=O) groups is 7. The zero-order chi connectivity index (χ0) is 54.8. The van der Waals surface area contributed by atoms with E-state index < -0.39 is 132 Å². The lowest BCUT2D eigenvalue weighted by atomic mass is 9.99. The van der Waals surface area contributed by atoms with Crippen LogP contribution in [-0.2, 0) is 59.0 Å². The van der Waals surface area contributed by atoms with Gasteiger partial charge in [0.15, 0.2) is 0 Å². The molecular formula is C50H65F3N10O10S2. The van der Waals surface area contributed by atoms with Crippen molar-refractivity contribution < 1.29 is 62.1 Å². The number of aliphatic hydroxyl groups is 3. The Balaban J connectivity index is 1.62. The molecule has 0 spiro atoms. The molecule has 1 saturated heterocycles. The van der Waals surface area contributed by atoms with Gasteiger partial charge in [0.2, 0.25) is 41.4 Å². The Labute approximate surface area is 439 Å². The first-order chi connectivity index (χ1) is 35.7. The quantitative estimate of drug-likeness (QED) is 0.0497. The number of nitrogens with two attached hydrogens (primary N) is 2. The fourth-order valence-electron chi connectivity index (χ4n) is 8.07. The molecule has 1 aliphatic rings. The van der Waals surface area contributed by atoms with E-state index in [1.807, 2.05) is 0 Å². The van der Waals surface area contributed by atoms with Crippen molar-refractivity contribution in [3.05, 3.63) is 107 Å². The van der Waals surface area contributed by atoms with Gasteiger partial charge in [0.1, 0.15) is 41.9 Å². The second kappa shape index (κ2) is 28.6. The summed E-state index contributed by atoms with van der Waals surface area (Å²) < 4.78 is 44.4. The van der Waals surface area contributed by atoms with Crippen LogP contribution >= 0.6 is 21.6 Å². The molecule has 15 N–H and O–H groups in total. The van der Waals surface area contributed by atoms with Crippen molar-refractivity contribution in [2.24, 2.45) is 11.5 Å². The molecule has 3 aromatic carbocycles. The number of aromatic nitrogens is 1. The molecule has 408 valence electrons. The van der Waals surface area contributed by atoms with Gasteiger partial charge in [-0.25, -0.2) is 0 Å². The number of para-hydroxylation sites is 1. The van der Waals surface area contributed by atoms with Crippen LogP contribution in [0.1, 0.15) is 55.5 Å². The summed E-state index contributed by atoms with van der Waals surface area (Å²) in [5.41, 5.74) is 11.7. The van der Waals surface area contributed by atoms with Gasteiger partial charge >= 0.3 is 6.18 Å². The van der Waals surface area contributed by atoms with Gasteiger partial charge in [-0.05, 0) is 68.8 Å². The fourth-order valence-corrected chi connectivity index (χ4v) is 10.4. The number of hydrogen-bond donors (Lipinski definition) is 13. The molecule has 75 heavy (non-hydrogen) atoms. The molecule has 0 bridgehead atoms. The Bertz CT molecular complexity index is 2560. The molecule has 0 unspecified atom stereocenters. The highest BCUT2D eigenvalue weighted by atomic mass is 33.1. The van der Waals surface area contributed by atoms with E-state index in [2.05, 4.69) is 42.2 Å². The van der Waals surface area contributed by atoms with Crippen LogP contribution in [0.2, 0.25) is 0 Å². The summed E-state index contributed by atoms with van der Waals surface area (Å²) in [6.45, 7) is 1.94. The van der Waals surface area contributed by atoms with Gasteiger partial charge in [0.05, 0.1) is 30.9 Å². The summed E-state index contributed by atoms with van der Waals surface area (Å²) in [4.78, 5) is 102. The van der Waals surface area contributed by atoms with Gasteiger partial charge in [-0.1, -0.05) is 100 Å². The van der Waals surface area contributed by atoms with E-state index in [1.165, 1.54) is 38.1 Å². The van der Waals surface area contributed by atoms with E-state index in [-0.39, 0.29) is 54.6 Å².